The molecule has 0 amide bonds. The van der Waals surface area contributed by atoms with Gasteiger partial charge in [-0.05, 0) is 19.1 Å². The topological polar surface area (TPSA) is 97.4 Å². The number of rotatable bonds is 6. The second-order valence-electron chi connectivity index (χ2n) is 6.95. The van der Waals surface area contributed by atoms with E-state index in [1.54, 1.807) is 23.7 Å². The van der Waals surface area contributed by atoms with Gasteiger partial charge in [0.25, 0.3) is 10.0 Å². The molecule has 26 heavy (non-hydrogen) atoms. The third kappa shape index (κ3) is 3.53. The number of furan rings is 1. The molecule has 2 aromatic heterocycles. The van der Waals surface area contributed by atoms with Gasteiger partial charge in [-0.25, -0.2) is 18.1 Å². The highest BCUT2D eigenvalue weighted by molar-refractivity contribution is 7.89. The summed E-state index contributed by atoms with van der Waals surface area (Å²) in [5.41, 5.74) is -0.862. The highest BCUT2D eigenvalue weighted by Gasteiger charge is 2.31. The van der Waals surface area contributed by atoms with Gasteiger partial charge in [-0.1, -0.05) is 32.0 Å². The number of aryl methyl sites for hydroxylation is 1. The molecule has 7 nitrogen and oxygen atoms in total. The van der Waals surface area contributed by atoms with Crippen molar-refractivity contribution in [3.05, 3.63) is 48.1 Å². The maximum absolute atomic E-state index is 12.5. The van der Waals surface area contributed by atoms with Gasteiger partial charge in [-0.2, -0.15) is 0 Å². The van der Waals surface area contributed by atoms with Crippen molar-refractivity contribution in [2.45, 2.75) is 37.3 Å². The predicted molar refractivity (Wildman–Crippen MR) is 98.3 cm³/mol. The van der Waals surface area contributed by atoms with Gasteiger partial charge >= 0.3 is 0 Å². The largest absolute Gasteiger partial charge is 0.458 e. The molecule has 2 N–H and O–H groups in total. The maximum Gasteiger partial charge on any atom is 0.259 e. The van der Waals surface area contributed by atoms with Crippen LogP contribution in [-0.4, -0.2) is 29.6 Å². The molecule has 3 rings (SSSR count). The lowest BCUT2D eigenvalue weighted by Crippen LogP contribution is -2.38. The van der Waals surface area contributed by atoms with Gasteiger partial charge in [0.05, 0.1) is 0 Å². The van der Waals surface area contributed by atoms with Crippen molar-refractivity contribution < 1.29 is 17.9 Å². The molecule has 0 fully saturated rings. The van der Waals surface area contributed by atoms with Crippen molar-refractivity contribution in [3.8, 4) is 0 Å². The van der Waals surface area contributed by atoms with E-state index < -0.39 is 15.6 Å². The third-order valence-corrected chi connectivity index (χ3v) is 5.52. The fourth-order valence-corrected chi connectivity index (χ4v) is 3.89. The zero-order valence-corrected chi connectivity index (χ0v) is 16.0. The van der Waals surface area contributed by atoms with E-state index >= 15 is 0 Å². The first-order valence-electron chi connectivity index (χ1n) is 8.34. The summed E-state index contributed by atoms with van der Waals surface area (Å²) in [5.74, 6) is 1.07. The summed E-state index contributed by atoms with van der Waals surface area (Å²) in [7, 11) is -2.09. The number of hydrogen-bond donors (Lipinski definition) is 2. The van der Waals surface area contributed by atoms with Crippen LogP contribution in [0.3, 0.4) is 0 Å². The Morgan fingerprint density at radius 1 is 1.35 bits per heavy atom. The average Bonchev–Trinajstić information content (AvgIpc) is 3.17. The Kier molecular flexibility index (Phi) is 4.68. The minimum atomic E-state index is -3.85. The Labute approximate surface area is 152 Å². The average molecular weight is 377 g/mol. The number of hydrogen-bond acceptors (Lipinski definition) is 5. The van der Waals surface area contributed by atoms with Crippen LogP contribution in [0.15, 0.2) is 46.0 Å². The molecular formula is C18H23N3O4S. The van der Waals surface area contributed by atoms with Gasteiger partial charge in [-0.15, -0.1) is 0 Å². The molecule has 0 radical (unpaired) electrons. The molecule has 1 aromatic carbocycles. The van der Waals surface area contributed by atoms with Crippen molar-refractivity contribution in [2.75, 3.05) is 6.54 Å². The fourth-order valence-electron chi connectivity index (χ4n) is 2.76. The molecule has 0 unspecified atom stereocenters. The normalized spacial score (nSPS) is 14.8. The van der Waals surface area contributed by atoms with E-state index in [9.17, 15) is 13.5 Å². The summed E-state index contributed by atoms with van der Waals surface area (Å²) in [6.45, 7) is 5.16. The lowest BCUT2D eigenvalue weighted by molar-refractivity contribution is 0.0411. The molecule has 2 heterocycles. The van der Waals surface area contributed by atoms with Crippen LogP contribution in [0.5, 0.6) is 0 Å². The van der Waals surface area contributed by atoms with E-state index in [0.29, 0.717) is 17.2 Å². The Balaban J connectivity index is 1.80. The van der Waals surface area contributed by atoms with Crippen LogP contribution in [0, 0.1) is 0 Å². The highest BCUT2D eigenvalue weighted by atomic mass is 32.2. The van der Waals surface area contributed by atoms with Gasteiger partial charge in [-0.3, -0.25) is 0 Å². The fraction of sp³-hybridized carbons (Fsp3) is 0.389. The standard InChI is InChI=1S/C18H23N3O4S/c1-12(2)17-20-16(10-21(17)4)26(23,24)19-11-18(3,22)15-9-13-7-5-6-8-14(13)25-15/h5-10,12,19,22H,11H2,1-4H3/t18-/m0/s1. The Morgan fingerprint density at radius 3 is 2.65 bits per heavy atom. The summed E-state index contributed by atoms with van der Waals surface area (Å²) >= 11 is 0. The van der Waals surface area contributed by atoms with Crippen molar-refractivity contribution in [3.63, 3.8) is 0 Å². The van der Waals surface area contributed by atoms with Gasteiger partial charge in [0.2, 0.25) is 0 Å². The quantitative estimate of drug-likeness (QED) is 0.688. The maximum atomic E-state index is 12.5. The van der Waals surface area contributed by atoms with E-state index in [1.807, 2.05) is 32.0 Å². The third-order valence-electron chi connectivity index (χ3n) is 4.24. The second kappa shape index (κ2) is 6.53. The molecule has 0 bridgehead atoms. The molecule has 1 atom stereocenters. The number of para-hydroxylation sites is 1. The summed E-state index contributed by atoms with van der Waals surface area (Å²) in [5, 5.41) is 11.5. The Morgan fingerprint density at radius 2 is 2.04 bits per heavy atom. The Hall–Kier alpha value is -2.16. The molecule has 0 saturated carbocycles. The van der Waals surface area contributed by atoms with E-state index in [1.165, 1.54) is 13.1 Å². The highest BCUT2D eigenvalue weighted by Crippen LogP contribution is 2.28. The van der Waals surface area contributed by atoms with E-state index in [2.05, 4.69) is 9.71 Å². The first kappa shape index (κ1) is 18.6. The molecular weight excluding hydrogens is 354 g/mol. The summed E-state index contributed by atoms with van der Waals surface area (Å²) in [4.78, 5) is 4.20. The zero-order chi connectivity index (χ0) is 19.1. The number of nitrogens with zero attached hydrogens (tertiary/aromatic N) is 2. The number of fused-ring (bicyclic) bond motifs is 1. The number of sulfonamides is 1. The zero-order valence-electron chi connectivity index (χ0n) is 15.2. The first-order valence-corrected chi connectivity index (χ1v) is 9.83. The lowest BCUT2D eigenvalue weighted by Gasteiger charge is -2.20. The van der Waals surface area contributed by atoms with Crippen LogP contribution in [0.4, 0.5) is 0 Å². The first-order chi connectivity index (χ1) is 12.1. The van der Waals surface area contributed by atoms with Crippen LogP contribution in [0.2, 0.25) is 0 Å². The number of nitrogens with one attached hydrogen (secondary N) is 1. The van der Waals surface area contributed by atoms with E-state index in [4.69, 9.17) is 4.42 Å². The predicted octanol–water partition coefficient (Wildman–Crippen LogP) is 2.48. The number of aromatic nitrogens is 2. The molecule has 0 spiro atoms. The second-order valence-corrected chi connectivity index (χ2v) is 8.66. The number of benzene rings is 1. The number of imidazole rings is 1. The van der Waals surface area contributed by atoms with Gasteiger partial charge in [0.1, 0.15) is 22.8 Å². The van der Waals surface area contributed by atoms with Crippen LogP contribution in [-0.2, 0) is 22.7 Å². The number of aliphatic hydroxyl groups is 1. The summed E-state index contributed by atoms with van der Waals surface area (Å²) in [6, 6.07) is 9.07. The van der Waals surface area contributed by atoms with Crippen molar-refractivity contribution >= 4 is 21.0 Å². The molecule has 0 aliphatic heterocycles. The van der Waals surface area contributed by atoms with Crippen LogP contribution < -0.4 is 4.72 Å². The minimum Gasteiger partial charge on any atom is -0.458 e. The molecule has 0 saturated heterocycles. The minimum absolute atomic E-state index is 0.0656. The van der Waals surface area contributed by atoms with Crippen molar-refractivity contribution in [1.82, 2.24) is 14.3 Å². The summed E-state index contributed by atoms with van der Waals surface area (Å²) < 4.78 is 34.9. The lowest BCUT2D eigenvalue weighted by atomic mass is 10.0. The van der Waals surface area contributed by atoms with Gasteiger partial charge in [0.15, 0.2) is 5.03 Å². The van der Waals surface area contributed by atoms with Crippen LogP contribution in [0.25, 0.3) is 11.0 Å². The van der Waals surface area contributed by atoms with E-state index in [-0.39, 0.29) is 17.5 Å². The smallest absolute Gasteiger partial charge is 0.259 e. The SMILES string of the molecule is CC(C)c1nc(S(=O)(=O)NC[C@](C)(O)c2cc3ccccc3o2)cn1C. The van der Waals surface area contributed by atoms with Crippen LogP contribution in [0.1, 0.15) is 38.3 Å². The molecule has 8 heteroatoms. The van der Waals surface area contributed by atoms with Crippen LogP contribution >= 0.6 is 0 Å². The monoisotopic (exact) mass is 377 g/mol. The van der Waals surface area contributed by atoms with Gasteiger partial charge in [0, 0.05) is 31.1 Å². The molecule has 140 valence electrons. The molecule has 0 aliphatic rings. The summed E-state index contributed by atoms with van der Waals surface area (Å²) in [6.07, 6.45) is 1.47. The Bertz CT molecular complexity index is 999. The molecule has 0 aliphatic carbocycles. The van der Waals surface area contributed by atoms with Crippen molar-refractivity contribution in [1.29, 1.82) is 0 Å². The van der Waals surface area contributed by atoms with Gasteiger partial charge < -0.3 is 14.1 Å². The van der Waals surface area contributed by atoms with Crippen molar-refractivity contribution in [2.24, 2.45) is 7.05 Å². The molecule has 3 aromatic rings. The van der Waals surface area contributed by atoms with E-state index in [0.717, 1.165) is 5.39 Å².